The molecule has 0 saturated heterocycles. The fraction of sp³-hybridized carbons (Fsp3) is 0.667. The quantitative estimate of drug-likeness (QED) is 0.798. The number of nitrogens with one attached hydrogen (secondary N) is 1. The summed E-state index contributed by atoms with van der Waals surface area (Å²) in [6.45, 7) is 7.16. The van der Waals surface area contributed by atoms with Crippen molar-refractivity contribution in [1.29, 1.82) is 0 Å². The minimum Gasteiger partial charge on any atom is -0.316 e. The first kappa shape index (κ1) is 17.2. The topological polar surface area (TPSA) is 12.0 Å². The monoisotopic (exact) mass is 325 g/mol. The van der Waals surface area contributed by atoms with E-state index in [2.05, 4.69) is 57.0 Å². The van der Waals surface area contributed by atoms with Crippen molar-refractivity contribution in [2.75, 3.05) is 7.05 Å². The highest BCUT2D eigenvalue weighted by Crippen LogP contribution is 2.42. The van der Waals surface area contributed by atoms with E-state index in [1.807, 2.05) is 12.1 Å². The summed E-state index contributed by atoms with van der Waals surface area (Å²) in [5.74, 6) is 1.92. The van der Waals surface area contributed by atoms with Gasteiger partial charge in [-0.15, -0.1) is 0 Å². The molecule has 118 valence electrons. The van der Waals surface area contributed by atoms with E-state index in [1.54, 1.807) is 0 Å². The molecule has 0 aliphatic heterocycles. The van der Waals surface area contributed by atoms with Crippen molar-refractivity contribution in [1.82, 2.24) is 5.32 Å². The fourth-order valence-corrected chi connectivity index (χ4v) is 4.81. The molecule has 0 heterocycles. The minimum atomic E-state index is 0.428. The standard InChI is InChI=1S/C18H28ClNS/c1-18(2,3)14-7-10-16(20-4)17(11-14)21-12-13-5-8-15(19)9-6-13/h5-6,8-9,14,16-17,20H,7,10-12H2,1-4H3. The Balaban J connectivity index is 1.96. The largest absolute Gasteiger partial charge is 0.316 e. The van der Waals surface area contributed by atoms with Gasteiger partial charge in [0.05, 0.1) is 0 Å². The molecule has 0 radical (unpaired) electrons. The van der Waals surface area contributed by atoms with Gasteiger partial charge in [0.25, 0.3) is 0 Å². The Bertz CT molecular complexity index is 438. The molecular formula is C18H28ClNS. The lowest BCUT2D eigenvalue weighted by Gasteiger charge is -2.41. The zero-order valence-corrected chi connectivity index (χ0v) is 15.2. The third-order valence-corrected chi connectivity index (χ3v) is 6.47. The molecule has 1 aromatic carbocycles. The smallest absolute Gasteiger partial charge is 0.0406 e. The maximum absolute atomic E-state index is 5.96. The molecule has 1 aliphatic carbocycles. The number of hydrogen-bond acceptors (Lipinski definition) is 2. The second-order valence-corrected chi connectivity index (χ2v) is 8.91. The molecule has 1 N–H and O–H groups in total. The lowest BCUT2D eigenvalue weighted by molar-refractivity contribution is 0.167. The number of rotatable bonds is 4. The molecule has 1 nitrogen and oxygen atoms in total. The van der Waals surface area contributed by atoms with Crippen molar-refractivity contribution in [3.63, 3.8) is 0 Å². The third-order valence-electron chi connectivity index (χ3n) is 4.76. The molecule has 1 aromatic rings. The van der Waals surface area contributed by atoms with Gasteiger partial charge in [0.2, 0.25) is 0 Å². The predicted molar refractivity (Wildman–Crippen MR) is 96.2 cm³/mol. The van der Waals surface area contributed by atoms with E-state index in [1.165, 1.54) is 24.8 Å². The average molecular weight is 326 g/mol. The van der Waals surface area contributed by atoms with Crippen LogP contribution in [0.3, 0.4) is 0 Å². The first-order valence-electron chi connectivity index (χ1n) is 7.93. The van der Waals surface area contributed by atoms with Crippen LogP contribution in [0.15, 0.2) is 24.3 Å². The molecule has 0 amide bonds. The predicted octanol–water partition coefficient (Wildman–Crippen LogP) is 5.38. The average Bonchev–Trinajstić information content (AvgIpc) is 2.45. The highest BCUT2D eigenvalue weighted by atomic mass is 35.5. The highest BCUT2D eigenvalue weighted by Gasteiger charge is 2.35. The molecule has 1 saturated carbocycles. The van der Waals surface area contributed by atoms with Gasteiger partial charge in [0, 0.05) is 22.1 Å². The van der Waals surface area contributed by atoms with Crippen LogP contribution in [0, 0.1) is 11.3 Å². The summed E-state index contributed by atoms with van der Waals surface area (Å²) in [4.78, 5) is 0. The van der Waals surface area contributed by atoms with Crippen molar-refractivity contribution in [2.24, 2.45) is 11.3 Å². The van der Waals surface area contributed by atoms with E-state index in [4.69, 9.17) is 11.6 Å². The van der Waals surface area contributed by atoms with Crippen LogP contribution in [0.1, 0.15) is 45.6 Å². The molecule has 0 spiro atoms. The summed E-state index contributed by atoms with van der Waals surface area (Å²) >= 11 is 8.06. The second kappa shape index (κ2) is 7.39. The Morgan fingerprint density at radius 3 is 2.43 bits per heavy atom. The number of halogens is 1. The van der Waals surface area contributed by atoms with Crippen LogP contribution < -0.4 is 5.32 Å². The summed E-state index contributed by atoms with van der Waals surface area (Å²) < 4.78 is 0. The Morgan fingerprint density at radius 1 is 1.19 bits per heavy atom. The molecular weight excluding hydrogens is 298 g/mol. The van der Waals surface area contributed by atoms with Crippen LogP contribution in [0.5, 0.6) is 0 Å². The van der Waals surface area contributed by atoms with Crippen LogP contribution >= 0.6 is 23.4 Å². The summed E-state index contributed by atoms with van der Waals surface area (Å²) in [6, 6.07) is 8.93. The maximum atomic E-state index is 5.96. The van der Waals surface area contributed by atoms with Crippen molar-refractivity contribution in [3.05, 3.63) is 34.9 Å². The molecule has 1 aliphatic rings. The molecule has 0 bridgehead atoms. The Labute approximate surface area is 139 Å². The van der Waals surface area contributed by atoms with Gasteiger partial charge in [-0.05, 0) is 55.3 Å². The van der Waals surface area contributed by atoms with Gasteiger partial charge < -0.3 is 5.32 Å². The number of hydrogen-bond donors (Lipinski definition) is 1. The fourth-order valence-electron chi connectivity index (χ4n) is 3.21. The molecule has 21 heavy (non-hydrogen) atoms. The number of thioether (sulfide) groups is 1. The Kier molecular flexibility index (Phi) is 6.05. The SMILES string of the molecule is CNC1CCC(C(C)(C)C)CC1SCc1ccc(Cl)cc1. The Morgan fingerprint density at radius 2 is 1.86 bits per heavy atom. The molecule has 3 heteroatoms. The summed E-state index contributed by atoms with van der Waals surface area (Å²) in [7, 11) is 2.11. The zero-order valence-electron chi connectivity index (χ0n) is 13.7. The van der Waals surface area contributed by atoms with Crippen LogP contribution in [-0.2, 0) is 5.75 Å². The molecule has 2 rings (SSSR count). The molecule has 0 aromatic heterocycles. The van der Waals surface area contributed by atoms with Crippen LogP contribution in [0.2, 0.25) is 5.02 Å². The van der Waals surface area contributed by atoms with Gasteiger partial charge >= 0.3 is 0 Å². The van der Waals surface area contributed by atoms with Gasteiger partial charge in [-0.2, -0.15) is 11.8 Å². The second-order valence-electron chi connectivity index (χ2n) is 7.25. The van der Waals surface area contributed by atoms with Crippen molar-refractivity contribution in [3.8, 4) is 0 Å². The normalized spacial score (nSPS) is 26.8. The first-order valence-corrected chi connectivity index (χ1v) is 9.36. The highest BCUT2D eigenvalue weighted by molar-refractivity contribution is 7.99. The van der Waals surface area contributed by atoms with E-state index in [-0.39, 0.29) is 0 Å². The van der Waals surface area contributed by atoms with Gasteiger partial charge in [-0.3, -0.25) is 0 Å². The van der Waals surface area contributed by atoms with Gasteiger partial charge in [-0.1, -0.05) is 44.5 Å². The minimum absolute atomic E-state index is 0.428. The third kappa shape index (κ3) is 4.91. The number of benzene rings is 1. The molecule has 1 fully saturated rings. The van der Waals surface area contributed by atoms with E-state index in [0.717, 1.165) is 16.7 Å². The van der Waals surface area contributed by atoms with E-state index in [0.29, 0.717) is 16.7 Å². The Hall–Kier alpha value is -0.180. The van der Waals surface area contributed by atoms with E-state index < -0.39 is 0 Å². The van der Waals surface area contributed by atoms with Gasteiger partial charge in [0.15, 0.2) is 0 Å². The summed E-state index contributed by atoms with van der Waals surface area (Å²) in [5.41, 5.74) is 1.80. The van der Waals surface area contributed by atoms with Crippen molar-refractivity contribution < 1.29 is 0 Å². The van der Waals surface area contributed by atoms with Crippen molar-refractivity contribution >= 4 is 23.4 Å². The zero-order chi connectivity index (χ0) is 15.5. The lowest BCUT2D eigenvalue weighted by atomic mass is 9.71. The molecule has 3 unspecified atom stereocenters. The van der Waals surface area contributed by atoms with Crippen LogP contribution in [0.4, 0.5) is 0 Å². The van der Waals surface area contributed by atoms with Gasteiger partial charge in [0.1, 0.15) is 0 Å². The van der Waals surface area contributed by atoms with Crippen LogP contribution in [0.25, 0.3) is 0 Å². The van der Waals surface area contributed by atoms with E-state index >= 15 is 0 Å². The summed E-state index contributed by atoms with van der Waals surface area (Å²) in [5, 5.41) is 5.06. The van der Waals surface area contributed by atoms with E-state index in [9.17, 15) is 0 Å². The first-order chi connectivity index (χ1) is 9.90. The van der Waals surface area contributed by atoms with Crippen LogP contribution in [-0.4, -0.2) is 18.3 Å². The van der Waals surface area contributed by atoms with Crippen molar-refractivity contribution in [2.45, 2.75) is 57.1 Å². The molecule has 3 atom stereocenters. The van der Waals surface area contributed by atoms with Gasteiger partial charge in [-0.25, -0.2) is 0 Å². The maximum Gasteiger partial charge on any atom is 0.0406 e. The summed E-state index contributed by atoms with van der Waals surface area (Å²) in [6.07, 6.45) is 3.98. The lowest BCUT2D eigenvalue weighted by Crippen LogP contribution is -2.43.